The molecule has 6 heterocycles. The maximum absolute atomic E-state index is 16.8. The lowest BCUT2D eigenvalue weighted by Crippen LogP contribution is -2.50. The summed E-state index contributed by atoms with van der Waals surface area (Å²) in [6.45, 7) is 21.5. The molecule has 5 aromatic carbocycles. The molecule has 0 bridgehead atoms. The molecule has 10 atom stereocenters. The van der Waals surface area contributed by atoms with Gasteiger partial charge in [0.05, 0.1) is 84.9 Å². The third kappa shape index (κ3) is 18.2. The summed E-state index contributed by atoms with van der Waals surface area (Å²) in [5.74, 6) is 0.357. The van der Waals surface area contributed by atoms with Gasteiger partial charge in [-0.2, -0.15) is 10.5 Å². The van der Waals surface area contributed by atoms with Gasteiger partial charge in [0.1, 0.15) is 66.4 Å². The lowest BCUT2D eigenvalue weighted by Gasteiger charge is -2.41. The molecule has 2 aliphatic heterocycles. The maximum Gasteiger partial charge on any atom is 0.475 e. The zero-order valence-corrected chi connectivity index (χ0v) is 66.5. The Morgan fingerprint density at radius 3 is 1.33 bits per heavy atom. The highest BCUT2D eigenvalue weighted by Gasteiger charge is 2.58. The highest BCUT2D eigenvalue weighted by atomic mass is 31.2. The van der Waals surface area contributed by atoms with Gasteiger partial charge in [0, 0.05) is 11.1 Å². The number of nitrogens with one attached hydrogen (secondary N) is 2. The van der Waals surface area contributed by atoms with E-state index in [4.69, 9.17) is 74.6 Å². The van der Waals surface area contributed by atoms with Crippen LogP contribution in [0.4, 0.5) is 11.6 Å². The van der Waals surface area contributed by atoms with E-state index in [1.165, 1.54) is 36.0 Å². The summed E-state index contributed by atoms with van der Waals surface area (Å²) in [6.07, 6.45) is -5.02. The second-order valence-corrected chi connectivity index (χ2v) is 41.5. The van der Waals surface area contributed by atoms with Crippen LogP contribution in [0.2, 0.25) is 36.3 Å². The molecule has 9 aromatic rings. The van der Waals surface area contributed by atoms with Crippen LogP contribution in [-0.4, -0.2) is 151 Å². The Bertz CT molecular complexity index is 4760. The van der Waals surface area contributed by atoms with E-state index < -0.39 is 129 Å². The molecule has 33 heteroatoms. The van der Waals surface area contributed by atoms with Gasteiger partial charge in [-0.15, -0.1) is 6.58 Å². The van der Waals surface area contributed by atoms with Crippen LogP contribution in [0.15, 0.2) is 177 Å². The van der Waals surface area contributed by atoms with Gasteiger partial charge >= 0.3 is 15.6 Å². The molecule has 4 aromatic heterocycles. The number of methoxy groups -OCH3 is 2. The largest absolute Gasteiger partial charge is 0.497 e. The number of hydrogen-bond acceptors (Lipinski definition) is 25. The van der Waals surface area contributed by atoms with Crippen LogP contribution in [0.25, 0.3) is 22.3 Å². The monoisotopic (exact) mass is 1560 g/mol. The molecule has 574 valence electrons. The molecule has 2 unspecified atom stereocenters. The maximum atomic E-state index is 16.8. The molecule has 0 saturated carbocycles. The van der Waals surface area contributed by atoms with E-state index in [-0.39, 0.29) is 60.0 Å². The quantitative estimate of drug-likeness (QED) is 0.0124. The van der Waals surface area contributed by atoms with Crippen LogP contribution in [-0.2, 0) is 64.9 Å². The molecule has 11 rings (SSSR count). The fourth-order valence-corrected chi connectivity index (χ4v) is 17.3. The lowest BCUT2D eigenvalue weighted by molar-refractivity contribution is -0.0953. The van der Waals surface area contributed by atoms with E-state index >= 15 is 9.13 Å². The number of phosphoric ester groups is 2. The van der Waals surface area contributed by atoms with E-state index in [0.717, 1.165) is 0 Å². The predicted octanol–water partition coefficient (Wildman–Crippen LogP) is 14.8. The number of nitriles is 2. The molecule has 0 radical (unpaired) electrons. The number of carbonyl (C=O) groups excluding carboxylic acids is 2. The molecular weight excluding hydrogens is 1470 g/mol. The highest BCUT2D eigenvalue weighted by Crippen LogP contribution is 2.59. The molecule has 29 nitrogen and oxygen atoms in total. The molecule has 2 amide bonds. The number of nitrogens with zero attached hydrogens (tertiary/aromatic N) is 10. The number of amides is 2. The number of ether oxygens (including phenoxy) is 5. The van der Waals surface area contributed by atoms with Gasteiger partial charge in [0.25, 0.3) is 11.8 Å². The summed E-state index contributed by atoms with van der Waals surface area (Å²) in [5, 5.41) is 24.6. The second-order valence-electron chi connectivity index (χ2n) is 28.8. The van der Waals surface area contributed by atoms with Gasteiger partial charge in [0.2, 0.25) is 0 Å². The average Bonchev–Trinajstić information content (AvgIpc) is 1.68. The number of anilines is 2. The van der Waals surface area contributed by atoms with Gasteiger partial charge in [-0.1, -0.05) is 139 Å². The van der Waals surface area contributed by atoms with Gasteiger partial charge in [-0.3, -0.25) is 45.9 Å². The topological polar surface area (TPSA) is 347 Å². The van der Waals surface area contributed by atoms with E-state index in [2.05, 4.69) is 38.2 Å². The van der Waals surface area contributed by atoms with Gasteiger partial charge in [0.15, 0.2) is 63.1 Å². The van der Waals surface area contributed by atoms with Crippen LogP contribution in [0, 0.1) is 22.7 Å². The van der Waals surface area contributed by atoms with Crippen molar-refractivity contribution in [3.63, 3.8) is 0 Å². The Balaban J connectivity index is 1.07. The molecule has 0 aliphatic carbocycles. The zero-order valence-electron chi connectivity index (χ0n) is 62.7. The number of carbonyl (C=O) groups is 2. The Morgan fingerprint density at radius 1 is 0.541 bits per heavy atom. The van der Waals surface area contributed by atoms with Crippen LogP contribution in [0.1, 0.15) is 104 Å². The molecule has 109 heavy (non-hydrogen) atoms. The van der Waals surface area contributed by atoms with Crippen LogP contribution >= 0.6 is 15.6 Å². The smallest absolute Gasteiger partial charge is 0.475 e. The van der Waals surface area contributed by atoms with Crippen molar-refractivity contribution in [1.29, 1.82) is 10.5 Å². The van der Waals surface area contributed by atoms with Crippen molar-refractivity contribution in [1.82, 2.24) is 39.0 Å². The summed E-state index contributed by atoms with van der Waals surface area (Å²) < 4.78 is 122. The minimum Gasteiger partial charge on any atom is -0.497 e. The Hall–Kier alpha value is -9.09. The van der Waals surface area contributed by atoms with E-state index in [0.29, 0.717) is 39.3 Å². The summed E-state index contributed by atoms with van der Waals surface area (Å²) >= 11 is 0. The van der Waals surface area contributed by atoms with E-state index in [9.17, 15) is 20.1 Å². The third-order valence-electron chi connectivity index (χ3n) is 19.7. The Morgan fingerprint density at radius 2 is 0.936 bits per heavy atom. The first kappa shape index (κ1) is 80.9. The molecule has 2 fully saturated rings. The van der Waals surface area contributed by atoms with E-state index in [1.807, 2.05) is 153 Å². The second kappa shape index (κ2) is 34.4. The average molecular weight is 1560 g/mol. The number of benzene rings is 5. The van der Waals surface area contributed by atoms with E-state index in [1.54, 1.807) is 79.5 Å². The summed E-state index contributed by atoms with van der Waals surface area (Å²) in [4.78, 5) is 55.3. The van der Waals surface area contributed by atoms with Crippen molar-refractivity contribution in [3.8, 4) is 23.6 Å². The van der Waals surface area contributed by atoms with Gasteiger partial charge in [-0.25, -0.2) is 39.0 Å². The van der Waals surface area contributed by atoms with Crippen molar-refractivity contribution >= 4 is 78.1 Å². The van der Waals surface area contributed by atoms with Crippen LogP contribution < -0.4 is 20.1 Å². The van der Waals surface area contributed by atoms with Gasteiger partial charge < -0.3 is 43.2 Å². The number of phosphoric acid groups is 2. The Kier molecular flexibility index (Phi) is 25.6. The molecule has 2 N–H and O–H groups in total. The first-order chi connectivity index (χ1) is 52.1. The fraction of sp³-hybridized carbons (Fsp3) is 0.395. The molecule has 2 aliphatic rings. The lowest BCUT2D eigenvalue weighted by atomic mass is 9.80. The fourth-order valence-electron chi connectivity index (χ4n) is 12.0. The summed E-state index contributed by atoms with van der Waals surface area (Å²) in [5.41, 5.74) is 1.89. The number of rotatable bonds is 34. The molecule has 0 spiro atoms. The Labute approximate surface area is 635 Å². The zero-order chi connectivity index (χ0) is 77.9. The standard InChI is InChI=1S/C76H90N12O17P2Si2/c1-14-42-96-106(91,97-43-24-40-77)102-63-59(101-73(65(63)105-109(12,13)75(5,6)7)88-50-84-61-67(80-48-82-69(61)88)86-71(90)52-28-20-16-21-29-52)46-99-107(92,98-44-25-41-78)103-62-58(45-95-76(53-30-22-17-23-31-53,54-32-36-56(93-8)37-33-54)55-34-38-57(94-9)39-35-55)100-72(64(62)104-108(10,11)74(2,3)4)87-49-83-60-66(79-47-81-68(60)87)85-70(89)51-26-18-15-19-27-51/h14-23,26-39,47-50,58-59,62-65,72-73H,1,24-25,42-46H2,2-13H3,(H,79,81,85,89)(H,80,82,86,90)/t58-,59-,62-,63-,64-,65-,72-,73-,106?,107?/m1/s1. The summed E-state index contributed by atoms with van der Waals surface area (Å²) in [7, 11) is -13.1. The highest BCUT2D eigenvalue weighted by molar-refractivity contribution is 7.48. The van der Waals surface area contributed by atoms with Crippen LogP contribution in [0.3, 0.4) is 0 Å². The number of imidazole rings is 2. The first-order valence-corrected chi connectivity index (χ1v) is 44.1. The number of fused-ring (bicyclic) bond motifs is 2. The SMILES string of the molecule is C=CCOP(=O)(OCCC#N)O[C@H]1[C@@H](O[Si](C)(C)C(C)(C)C)[C@H](n2cnc3c(NC(=O)c4ccccc4)ncnc32)O[C@@H]1COP(=O)(OCCC#N)O[C@H]1[C@@H](O[Si](C)(C)C(C)(C)C)[C@H](n2cnc3c(NC(=O)c4ccccc4)ncnc32)O[C@@H]1COC(c1ccccc1)(c1ccc(OC)cc1)c1ccc(OC)cc1. The van der Waals surface area contributed by atoms with Crippen molar-refractivity contribution in [3.05, 3.63) is 205 Å². The van der Waals surface area contributed by atoms with Crippen molar-refractivity contribution < 1.29 is 78.4 Å². The van der Waals surface area contributed by atoms with Crippen molar-refractivity contribution in [2.75, 3.05) is 57.9 Å². The van der Waals surface area contributed by atoms with Crippen molar-refractivity contribution in [2.45, 2.75) is 145 Å². The predicted molar refractivity (Wildman–Crippen MR) is 409 cm³/mol. The van der Waals surface area contributed by atoms with Crippen molar-refractivity contribution in [2.24, 2.45) is 0 Å². The minimum atomic E-state index is -5.27. The number of hydrogen-bond donors (Lipinski definition) is 2. The summed E-state index contributed by atoms with van der Waals surface area (Å²) in [6, 6.07) is 45.6. The normalized spacial score (nSPS) is 20.2. The molecule has 2 saturated heterocycles. The third-order valence-corrected chi connectivity index (χ3v) is 31.5. The van der Waals surface area contributed by atoms with Gasteiger partial charge in [-0.05, 0) is 101 Å². The molecular formula is C76H90N12O17P2Si2. The minimum absolute atomic E-state index is 0.0578. The number of aromatic nitrogens is 8. The first-order valence-electron chi connectivity index (χ1n) is 35.3. The van der Waals surface area contributed by atoms with Crippen LogP contribution in [0.5, 0.6) is 11.5 Å².